The largest absolute Gasteiger partial charge is 0.0682 e. The van der Waals surface area contributed by atoms with Crippen LogP contribution in [0.3, 0.4) is 0 Å². The van der Waals surface area contributed by atoms with Crippen LogP contribution >= 0.6 is 0 Å². The molecular formula is C6H14Si. The van der Waals surface area contributed by atoms with Gasteiger partial charge in [0.05, 0.1) is 0 Å². The van der Waals surface area contributed by atoms with E-state index in [2.05, 4.69) is 27.7 Å². The molecule has 0 aromatic heterocycles. The first-order valence-electron chi connectivity index (χ1n) is 2.81. The second kappa shape index (κ2) is 2.51. The highest BCUT2D eigenvalue weighted by atomic mass is 28.2. The third kappa shape index (κ3) is 6.22. The van der Waals surface area contributed by atoms with Crippen molar-refractivity contribution in [2.45, 2.75) is 38.8 Å². The van der Waals surface area contributed by atoms with Crippen molar-refractivity contribution in [2.24, 2.45) is 0 Å². The summed E-state index contributed by atoms with van der Waals surface area (Å²) in [6, 6.07) is 1.34. The van der Waals surface area contributed by atoms with Gasteiger partial charge in [0.25, 0.3) is 0 Å². The fourth-order valence-electron chi connectivity index (χ4n) is 0.530. The fourth-order valence-corrected chi connectivity index (χ4v) is 1.59. The van der Waals surface area contributed by atoms with E-state index in [0.29, 0.717) is 5.04 Å². The Bertz CT molecular complexity index is 42.6. The predicted molar refractivity (Wildman–Crippen MR) is 35.9 cm³/mol. The van der Waals surface area contributed by atoms with E-state index < -0.39 is 0 Å². The van der Waals surface area contributed by atoms with Crippen molar-refractivity contribution in [1.29, 1.82) is 0 Å². The molecule has 0 saturated carbocycles. The minimum atomic E-state index is 0.578. The van der Waals surface area contributed by atoms with Gasteiger partial charge in [-0.05, 0) is 5.04 Å². The van der Waals surface area contributed by atoms with Gasteiger partial charge in [-0.3, -0.25) is 0 Å². The average Bonchev–Trinajstić information content (AvgIpc) is 1.30. The molecular weight excluding hydrogens is 100 g/mol. The Morgan fingerprint density at radius 2 is 1.71 bits per heavy atom. The van der Waals surface area contributed by atoms with Crippen LogP contribution in [0.15, 0.2) is 0 Å². The van der Waals surface area contributed by atoms with E-state index in [0.717, 1.165) is 9.52 Å². The van der Waals surface area contributed by atoms with E-state index in [9.17, 15) is 0 Å². The molecule has 0 aliphatic rings. The molecule has 0 heterocycles. The zero-order valence-electron chi connectivity index (χ0n) is 5.71. The Hall–Kier alpha value is 0.217. The summed E-state index contributed by atoms with van der Waals surface area (Å²) < 4.78 is 0. The number of hydrogen-bond donors (Lipinski definition) is 0. The van der Waals surface area contributed by atoms with Crippen molar-refractivity contribution in [2.75, 3.05) is 0 Å². The highest BCUT2D eigenvalue weighted by molar-refractivity contribution is 6.39. The average molecular weight is 114 g/mol. The van der Waals surface area contributed by atoms with Crippen molar-refractivity contribution >= 4 is 9.52 Å². The van der Waals surface area contributed by atoms with Crippen LogP contribution in [0.1, 0.15) is 27.7 Å². The third-order valence-electron chi connectivity index (χ3n) is 0.707. The van der Waals surface area contributed by atoms with Crippen LogP contribution < -0.4 is 0 Å². The zero-order chi connectivity index (χ0) is 5.91. The lowest BCUT2D eigenvalue weighted by Gasteiger charge is -2.14. The minimum absolute atomic E-state index is 0.578. The Balaban J connectivity index is 3.15. The van der Waals surface area contributed by atoms with Gasteiger partial charge in [-0.1, -0.05) is 33.7 Å². The first kappa shape index (κ1) is 7.22. The molecule has 0 aliphatic carbocycles. The summed E-state index contributed by atoms with van der Waals surface area (Å²) >= 11 is 0. The topological polar surface area (TPSA) is 0 Å². The quantitative estimate of drug-likeness (QED) is 0.459. The van der Waals surface area contributed by atoms with E-state index in [-0.39, 0.29) is 0 Å². The highest BCUT2D eigenvalue weighted by Crippen LogP contribution is 2.20. The summed E-state index contributed by atoms with van der Waals surface area (Å²) in [5.74, 6) is 0. The molecule has 7 heavy (non-hydrogen) atoms. The monoisotopic (exact) mass is 114 g/mol. The van der Waals surface area contributed by atoms with Gasteiger partial charge in [0.1, 0.15) is 0 Å². The van der Waals surface area contributed by atoms with Gasteiger partial charge < -0.3 is 0 Å². The molecule has 0 amide bonds. The zero-order valence-corrected chi connectivity index (χ0v) is 6.71. The summed E-state index contributed by atoms with van der Waals surface area (Å²) in [4.78, 5) is 0. The molecule has 0 bridgehead atoms. The summed E-state index contributed by atoms with van der Waals surface area (Å²) in [5.41, 5.74) is 0. The molecule has 0 rings (SSSR count). The molecule has 0 aromatic carbocycles. The lowest BCUT2D eigenvalue weighted by atomic mass is 10.3. The highest BCUT2D eigenvalue weighted by Gasteiger charge is 2.07. The van der Waals surface area contributed by atoms with Crippen LogP contribution in [-0.2, 0) is 0 Å². The van der Waals surface area contributed by atoms with E-state index in [1.807, 2.05) is 0 Å². The SMILES string of the molecule is CC[Si]C(C)(C)C. The van der Waals surface area contributed by atoms with Gasteiger partial charge in [0, 0.05) is 9.52 Å². The van der Waals surface area contributed by atoms with E-state index in [1.165, 1.54) is 6.04 Å². The maximum Gasteiger partial charge on any atom is 0.0442 e. The molecule has 0 unspecified atom stereocenters. The molecule has 1 heteroatoms. The summed E-state index contributed by atoms with van der Waals surface area (Å²) in [7, 11) is 1.12. The van der Waals surface area contributed by atoms with Crippen LogP contribution in [0.25, 0.3) is 0 Å². The molecule has 0 atom stereocenters. The summed E-state index contributed by atoms with van der Waals surface area (Å²) in [6.45, 7) is 9.10. The molecule has 0 fully saturated rings. The summed E-state index contributed by atoms with van der Waals surface area (Å²) in [6.07, 6.45) is 0. The predicted octanol–water partition coefficient (Wildman–Crippen LogP) is 2.35. The second-order valence-electron chi connectivity index (χ2n) is 2.78. The van der Waals surface area contributed by atoms with Crippen molar-refractivity contribution in [3.63, 3.8) is 0 Å². The van der Waals surface area contributed by atoms with Crippen molar-refractivity contribution in [3.05, 3.63) is 0 Å². The molecule has 0 aromatic rings. The number of rotatable bonds is 1. The Morgan fingerprint density at radius 3 is 1.71 bits per heavy atom. The lowest BCUT2D eigenvalue weighted by Crippen LogP contribution is -2.05. The van der Waals surface area contributed by atoms with Gasteiger partial charge in [-0.15, -0.1) is 0 Å². The third-order valence-corrected chi connectivity index (χ3v) is 2.12. The first-order valence-corrected chi connectivity index (χ1v) is 4.02. The summed E-state index contributed by atoms with van der Waals surface area (Å²) in [5, 5.41) is 0.578. The normalized spacial score (nSPS) is 12.0. The van der Waals surface area contributed by atoms with Gasteiger partial charge in [-0.2, -0.15) is 0 Å². The van der Waals surface area contributed by atoms with Crippen LogP contribution in [0, 0.1) is 0 Å². The van der Waals surface area contributed by atoms with Crippen LogP contribution in [0.5, 0.6) is 0 Å². The van der Waals surface area contributed by atoms with E-state index in [4.69, 9.17) is 0 Å². The number of hydrogen-bond acceptors (Lipinski definition) is 0. The van der Waals surface area contributed by atoms with E-state index >= 15 is 0 Å². The van der Waals surface area contributed by atoms with Gasteiger partial charge in [-0.25, -0.2) is 0 Å². The van der Waals surface area contributed by atoms with E-state index in [1.54, 1.807) is 0 Å². The van der Waals surface area contributed by atoms with Gasteiger partial charge in [0.2, 0.25) is 0 Å². The molecule has 0 saturated heterocycles. The lowest BCUT2D eigenvalue weighted by molar-refractivity contribution is 0.750. The Labute approximate surface area is 49.1 Å². The Morgan fingerprint density at radius 1 is 1.29 bits per heavy atom. The van der Waals surface area contributed by atoms with Crippen molar-refractivity contribution in [3.8, 4) is 0 Å². The van der Waals surface area contributed by atoms with Crippen molar-refractivity contribution in [1.82, 2.24) is 0 Å². The van der Waals surface area contributed by atoms with Crippen LogP contribution in [0.2, 0.25) is 11.1 Å². The molecule has 0 spiro atoms. The molecule has 0 nitrogen and oxygen atoms in total. The second-order valence-corrected chi connectivity index (χ2v) is 5.34. The fraction of sp³-hybridized carbons (Fsp3) is 1.00. The molecule has 0 N–H and O–H groups in total. The minimum Gasteiger partial charge on any atom is -0.0682 e. The first-order chi connectivity index (χ1) is 3.06. The Kier molecular flexibility index (Phi) is 2.58. The van der Waals surface area contributed by atoms with Crippen molar-refractivity contribution < 1.29 is 0 Å². The molecule has 42 valence electrons. The maximum atomic E-state index is 2.29. The maximum absolute atomic E-state index is 2.29. The van der Waals surface area contributed by atoms with Gasteiger partial charge in [0.15, 0.2) is 0 Å². The van der Waals surface area contributed by atoms with Crippen LogP contribution in [0.4, 0.5) is 0 Å². The van der Waals surface area contributed by atoms with Crippen LogP contribution in [-0.4, -0.2) is 9.52 Å². The van der Waals surface area contributed by atoms with Gasteiger partial charge >= 0.3 is 0 Å². The smallest absolute Gasteiger partial charge is 0.0442 e. The molecule has 2 radical (unpaired) electrons. The molecule has 0 aliphatic heterocycles. The standard InChI is InChI=1S/C6H14Si/c1-5-7-6(2,3)4/h5H2,1-4H3.